The largest absolute Gasteiger partial charge is 0.466 e. The molecular weight excluding hydrogens is 941 g/mol. The molecule has 3 aliphatic heterocycles. The van der Waals surface area contributed by atoms with E-state index >= 15 is 0 Å². The highest BCUT2D eigenvalue weighted by molar-refractivity contribution is 6.42. The van der Waals surface area contributed by atoms with Gasteiger partial charge in [-0.3, -0.25) is 19.2 Å². The van der Waals surface area contributed by atoms with Crippen molar-refractivity contribution in [2.45, 2.75) is 87.8 Å². The minimum atomic E-state index is -5.13. The van der Waals surface area contributed by atoms with Crippen molar-refractivity contribution in [1.29, 1.82) is 0 Å². The monoisotopic (exact) mass is 996 g/mol. The fourth-order valence-electron chi connectivity index (χ4n) is 10.2. The quantitative estimate of drug-likeness (QED) is 0.117. The maximum absolute atomic E-state index is 13.9. The molecule has 11 nitrogen and oxygen atoms in total. The number of carbonyl (C=O) groups is 4. The Morgan fingerprint density at radius 3 is 2.18 bits per heavy atom. The van der Waals surface area contributed by atoms with Crippen molar-refractivity contribution in [1.82, 2.24) is 19.6 Å². The molecule has 1 spiro atoms. The van der Waals surface area contributed by atoms with Crippen molar-refractivity contribution >= 4 is 46.9 Å². The van der Waals surface area contributed by atoms with Crippen LogP contribution >= 0.6 is 23.2 Å². The number of piperidine rings is 2. The number of rotatable bonds is 14. The number of hydrogen-bond acceptors (Lipinski definition) is 8. The first kappa shape index (κ1) is 51.4. The summed E-state index contributed by atoms with van der Waals surface area (Å²) < 4.78 is 101. The summed E-state index contributed by atoms with van der Waals surface area (Å²) in [6.45, 7) is 4.73. The van der Waals surface area contributed by atoms with E-state index in [2.05, 4.69) is 17.0 Å². The number of amides is 3. The first-order valence-electron chi connectivity index (χ1n) is 23.0. The summed E-state index contributed by atoms with van der Waals surface area (Å²) in [6.07, 6.45) is -6.32. The van der Waals surface area contributed by atoms with E-state index in [1.165, 1.54) is 10.5 Å². The van der Waals surface area contributed by atoms with Crippen molar-refractivity contribution in [2.75, 3.05) is 79.2 Å². The summed E-state index contributed by atoms with van der Waals surface area (Å²) >= 11 is 12.7. The first-order chi connectivity index (χ1) is 32.2. The summed E-state index contributed by atoms with van der Waals surface area (Å²) in [5, 5.41) is 0.462. The van der Waals surface area contributed by atoms with E-state index in [1.54, 1.807) is 42.0 Å². The molecule has 0 radical (unpaired) electrons. The van der Waals surface area contributed by atoms with Crippen LogP contribution in [0.25, 0.3) is 0 Å². The van der Waals surface area contributed by atoms with Gasteiger partial charge in [0.15, 0.2) is 0 Å². The number of ether oxygens (including phenoxy) is 3. The lowest BCUT2D eigenvalue weighted by molar-refractivity contribution is -0.151. The van der Waals surface area contributed by atoms with Gasteiger partial charge in [0.25, 0.3) is 5.91 Å². The Kier molecular flexibility index (Phi) is 16.1. The van der Waals surface area contributed by atoms with Gasteiger partial charge in [0, 0.05) is 57.2 Å². The molecule has 3 fully saturated rings. The third-order valence-corrected chi connectivity index (χ3v) is 14.8. The number of alkyl halides is 6. The molecule has 0 bridgehead atoms. The second-order valence-electron chi connectivity index (χ2n) is 18.2. The lowest BCUT2D eigenvalue weighted by Crippen LogP contribution is -2.54. The maximum Gasteiger partial charge on any atom is 0.416 e. The van der Waals surface area contributed by atoms with E-state index in [-0.39, 0.29) is 90.5 Å². The zero-order chi connectivity index (χ0) is 49.0. The minimum absolute atomic E-state index is 0.00528. The summed E-state index contributed by atoms with van der Waals surface area (Å²) in [5.41, 5.74) is -2.67. The van der Waals surface area contributed by atoms with Crippen molar-refractivity contribution in [3.8, 4) is 0 Å². The van der Waals surface area contributed by atoms with Crippen molar-refractivity contribution in [3.63, 3.8) is 0 Å². The van der Waals surface area contributed by atoms with Crippen LogP contribution in [0.3, 0.4) is 0 Å². The highest BCUT2D eigenvalue weighted by atomic mass is 35.5. The molecule has 3 aromatic rings. The van der Waals surface area contributed by atoms with Gasteiger partial charge in [-0.25, -0.2) is 0 Å². The molecule has 4 aliphatic rings. The minimum Gasteiger partial charge on any atom is -0.466 e. The van der Waals surface area contributed by atoms with E-state index in [1.807, 2.05) is 12.1 Å². The van der Waals surface area contributed by atoms with Gasteiger partial charge in [-0.1, -0.05) is 53.5 Å². The fraction of sp³-hybridized carbons (Fsp3) is 0.551. The zero-order valence-electron chi connectivity index (χ0n) is 38.0. The Balaban J connectivity index is 0.981. The lowest BCUT2D eigenvalue weighted by atomic mass is 9.72. The number of carbonyl (C=O) groups excluding carboxylic acids is 4. The number of likely N-dealkylation sites (N-methyl/N-ethyl adjacent to an activating group) is 1. The Morgan fingerprint density at radius 1 is 0.853 bits per heavy atom. The topological polar surface area (TPSA) is 109 Å². The average Bonchev–Trinajstić information content (AvgIpc) is 3.62. The molecule has 19 heteroatoms. The highest BCUT2D eigenvalue weighted by Gasteiger charge is 2.50. The molecular formula is C49H56Cl2F6N4O7. The Hall–Kier alpha value is -4.42. The summed E-state index contributed by atoms with van der Waals surface area (Å²) in [7, 11) is 1.70. The smallest absolute Gasteiger partial charge is 0.416 e. The van der Waals surface area contributed by atoms with E-state index in [0.29, 0.717) is 102 Å². The van der Waals surface area contributed by atoms with Gasteiger partial charge < -0.3 is 33.8 Å². The van der Waals surface area contributed by atoms with Gasteiger partial charge in [0.05, 0.1) is 53.0 Å². The van der Waals surface area contributed by atoms with Gasteiger partial charge in [-0.2, -0.15) is 26.3 Å². The van der Waals surface area contributed by atoms with Crippen LogP contribution in [-0.4, -0.2) is 129 Å². The second kappa shape index (κ2) is 21.3. The number of fused-ring (bicyclic) bond motifs is 2. The molecule has 3 aromatic carbocycles. The predicted molar refractivity (Wildman–Crippen MR) is 241 cm³/mol. The van der Waals surface area contributed by atoms with E-state index < -0.39 is 40.6 Å². The normalized spacial score (nSPS) is 21.2. The third kappa shape index (κ3) is 11.6. The van der Waals surface area contributed by atoms with Crippen LogP contribution in [0.2, 0.25) is 10.0 Å². The van der Waals surface area contributed by atoms with Crippen LogP contribution in [0.4, 0.5) is 26.3 Å². The van der Waals surface area contributed by atoms with Crippen LogP contribution in [0, 0.1) is 5.92 Å². The molecule has 0 aromatic heterocycles. The van der Waals surface area contributed by atoms with Crippen molar-refractivity contribution in [3.05, 3.63) is 104 Å². The molecule has 0 N–H and O–H groups in total. The van der Waals surface area contributed by atoms with Gasteiger partial charge in [0.1, 0.15) is 12.2 Å². The Morgan fingerprint density at radius 2 is 1.53 bits per heavy atom. The van der Waals surface area contributed by atoms with Crippen LogP contribution < -0.4 is 0 Å². The van der Waals surface area contributed by atoms with Gasteiger partial charge in [0.2, 0.25) is 11.8 Å². The molecule has 68 heavy (non-hydrogen) atoms. The molecule has 0 unspecified atom stereocenters. The Bertz CT molecular complexity index is 2290. The Labute approximate surface area is 401 Å². The SMILES string of the molecule is CCOC(=O)C1CCN(C(=O)CCCN(C)C(=O)CO[C@H]2Cc3ccccc3C23CCN(CC[C@@]2(c4ccc(Cl)c(Cl)c4)CN(C(=O)c4cc(C(F)(F)F)cc(C(F)(F)F)c4)CCO2)CC3)CC1. The fourth-order valence-corrected chi connectivity index (χ4v) is 10.5. The molecule has 7 rings (SSSR count). The third-order valence-electron chi connectivity index (χ3n) is 14.1. The van der Waals surface area contributed by atoms with Crippen LogP contribution in [-0.2, 0) is 58.4 Å². The van der Waals surface area contributed by atoms with E-state index in [4.69, 9.17) is 37.4 Å². The average molecular weight is 998 g/mol. The van der Waals surface area contributed by atoms with E-state index in [9.17, 15) is 45.5 Å². The number of halogens is 8. The molecule has 1 aliphatic carbocycles. The number of benzene rings is 3. The molecule has 3 saturated heterocycles. The second-order valence-corrected chi connectivity index (χ2v) is 19.0. The van der Waals surface area contributed by atoms with Crippen molar-refractivity contribution in [2.24, 2.45) is 5.92 Å². The van der Waals surface area contributed by atoms with Gasteiger partial charge in [-0.15, -0.1) is 0 Å². The summed E-state index contributed by atoms with van der Waals surface area (Å²) in [6, 6.07) is 13.9. The standard InChI is InChI=1S/C49H56Cl2F6N4O7/c1-3-66-45(65)32-12-18-60(19-13-32)42(62)9-6-17-58(2)43(63)30-67-41-27-33-7-4-5-8-38(33)46(41)14-20-59(21-15-46)22-16-47(35-10-11-39(50)40(51)29-35)31-61(23-24-68-47)44(64)34-25-36(48(52,53)54)28-37(26-34)49(55,56)57/h4-5,7-8,10-11,25-26,28-29,32,41H,3,6,9,12-24,27,30-31H2,1-2H3/t41-,47-/m0/s1. The van der Waals surface area contributed by atoms with E-state index in [0.717, 1.165) is 5.56 Å². The number of morpholine rings is 1. The summed E-state index contributed by atoms with van der Waals surface area (Å²) in [4.78, 5) is 59.2. The number of likely N-dealkylation sites (tertiary alicyclic amines) is 2. The zero-order valence-corrected chi connectivity index (χ0v) is 39.5. The predicted octanol–water partition coefficient (Wildman–Crippen LogP) is 8.80. The van der Waals surface area contributed by atoms with Gasteiger partial charge >= 0.3 is 18.3 Å². The maximum atomic E-state index is 13.9. The molecule has 2 atom stereocenters. The number of esters is 1. The lowest BCUT2D eigenvalue weighted by Gasteiger charge is -2.46. The number of hydrogen-bond donors (Lipinski definition) is 0. The molecule has 3 amide bonds. The van der Waals surface area contributed by atoms with Crippen LogP contribution in [0.5, 0.6) is 0 Å². The van der Waals surface area contributed by atoms with Crippen LogP contribution in [0.15, 0.2) is 60.7 Å². The molecule has 0 saturated carbocycles. The first-order valence-corrected chi connectivity index (χ1v) is 23.8. The van der Waals surface area contributed by atoms with Gasteiger partial charge in [-0.05, 0) is 112 Å². The van der Waals surface area contributed by atoms with Crippen LogP contribution in [0.1, 0.15) is 90.0 Å². The highest BCUT2D eigenvalue weighted by Crippen LogP contribution is 2.48. The van der Waals surface area contributed by atoms with Crippen molar-refractivity contribution < 1.29 is 59.7 Å². The molecule has 370 valence electrons. The summed E-state index contributed by atoms with van der Waals surface area (Å²) in [5.74, 6) is -1.61. The molecule has 3 heterocycles. The number of nitrogens with zero attached hydrogens (tertiary/aromatic N) is 4.